The minimum atomic E-state index is -0.767. The van der Waals surface area contributed by atoms with Crippen molar-refractivity contribution in [3.8, 4) is 5.75 Å². The molecule has 0 bridgehead atoms. The van der Waals surface area contributed by atoms with Crippen LogP contribution in [0.3, 0.4) is 0 Å². The molecule has 0 saturated carbocycles. The fraction of sp³-hybridized carbons (Fsp3) is 0.150. The van der Waals surface area contributed by atoms with Crippen molar-refractivity contribution in [1.82, 2.24) is 5.32 Å². The van der Waals surface area contributed by atoms with Crippen molar-refractivity contribution in [3.05, 3.63) is 63.1 Å². The van der Waals surface area contributed by atoms with Crippen molar-refractivity contribution in [1.29, 1.82) is 0 Å². The molecule has 1 heterocycles. The number of ether oxygens (including phenoxy) is 1. The summed E-state index contributed by atoms with van der Waals surface area (Å²) in [6.07, 6.45) is 1.42. The average Bonchev–Trinajstić information content (AvgIpc) is 2.62. The Morgan fingerprint density at radius 3 is 2.56 bits per heavy atom. The Balaban J connectivity index is 2.11. The molecule has 138 valence electrons. The first-order valence-electron chi connectivity index (χ1n) is 8.14. The summed E-state index contributed by atoms with van der Waals surface area (Å²) < 4.78 is 6.06. The number of nitrogens with one attached hydrogen (secondary N) is 1. The number of halogens is 1. The Morgan fingerprint density at radius 1 is 1.11 bits per heavy atom. The molecule has 0 aliphatic carbocycles. The maximum absolute atomic E-state index is 13.0. The second-order valence-corrected chi connectivity index (χ2v) is 6.98. The van der Waals surface area contributed by atoms with E-state index in [1.165, 1.54) is 13.2 Å². The van der Waals surface area contributed by atoms with Gasteiger partial charge in [-0.1, -0.05) is 28.1 Å². The van der Waals surface area contributed by atoms with Crippen LogP contribution in [0.25, 0.3) is 6.08 Å². The van der Waals surface area contributed by atoms with Gasteiger partial charge in [0.05, 0.1) is 12.8 Å². The lowest BCUT2D eigenvalue weighted by Crippen LogP contribution is -2.54. The first-order chi connectivity index (χ1) is 12.8. The summed E-state index contributed by atoms with van der Waals surface area (Å²) in [5.41, 5.74) is 2.56. The number of aryl methyl sites for hydroxylation is 1. The Kier molecular flexibility index (Phi) is 5.14. The molecule has 0 aromatic heterocycles. The minimum Gasteiger partial charge on any atom is -0.496 e. The van der Waals surface area contributed by atoms with Gasteiger partial charge in [0, 0.05) is 10.0 Å². The van der Waals surface area contributed by atoms with Crippen LogP contribution in [-0.4, -0.2) is 25.0 Å². The van der Waals surface area contributed by atoms with E-state index in [0.717, 1.165) is 20.5 Å². The van der Waals surface area contributed by atoms with Crippen LogP contribution in [0.5, 0.6) is 5.75 Å². The lowest BCUT2D eigenvalue weighted by molar-refractivity contribution is -0.122. The van der Waals surface area contributed by atoms with E-state index >= 15 is 0 Å². The molecule has 0 unspecified atom stereocenters. The zero-order valence-electron chi connectivity index (χ0n) is 15.0. The maximum Gasteiger partial charge on any atom is 0.335 e. The molecule has 7 heteroatoms. The van der Waals surface area contributed by atoms with Gasteiger partial charge in [-0.05, 0) is 55.3 Å². The summed E-state index contributed by atoms with van der Waals surface area (Å²) in [4.78, 5) is 38.7. The fourth-order valence-corrected chi connectivity index (χ4v) is 3.21. The van der Waals surface area contributed by atoms with Gasteiger partial charge in [0.15, 0.2) is 0 Å². The van der Waals surface area contributed by atoms with Crippen molar-refractivity contribution in [2.45, 2.75) is 13.8 Å². The van der Waals surface area contributed by atoms with Crippen LogP contribution >= 0.6 is 15.9 Å². The lowest BCUT2D eigenvalue weighted by Gasteiger charge is -2.28. The number of amides is 4. The third kappa shape index (κ3) is 3.50. The Bertz CT molecular complexity index is 997. The summed E-state index contributed by atoms with van der Waals surface area (Å²) in [6, 6.07) is 9.79. The molecule has 1 N–H and O–H groups in total. The number of hydrogen-bond acceptors (Lipinski definition) is 4. The van der Waals surface area contributed by atoms with Crippen LogP contribution in [-0.2, 0) is 9.59 Å². The summed E-state index contributed by atoms with van der Waals surface area (Å²) >= 11 is 3.36. The number of nitrogens with zero attached hydrogens (tertiary/aromatic N) is 1. The van der Waals surface area contributed by atoms with Gasteiger partial charge in [0.25, 0.3) is 11.8 Å². The first-order valence-corrected chi connectivity index (χ1v) is 8.94. The Hall–Kier alpha value is -2.93. The summed E-state index contributed by atoms with van der Waals surface area (Å²) in [7, 11) is 1.50. The predicted octanol–water partition coefficient (Wildman–Crippen LogP) is 3.74. The third-order valence-electron chi connectivity index (χ3n) is 4.41. The number of barbiturate groups is 1. The molecule has 3 rings (SSSR count). The monoisotopic (exact) mass is 428 g/mol. The van der Waals surface area contributed by atoms with Crippen molar-refractivity contribution in [2.75, 3.05) is 12.0 Å². The van der Waals surface area contributed by atoms with E-state index in [0.29, 0.717) is 17.0 Å². The van der Waals surface area contributed by atoms with E-state index in [1.54, 1.807) is 30.3 Å². The number of carbonyl (C=O) groups is 3. The first kappa shape index (κ1) is 18.8. The molecule has 6 nitrogen and oxygen atoms in total. The summed E-state index contributed by atoms with van der Waals surface area (Å²) in [5.74, 6) is -0.922. The van der Waals surface area contributed by atoms with Gasteiger partial charge in [0.2, 0.25) is 0 Å². The molecule has 27 heavy (non-hydrogen) atoms. The number of rotatable bonds is 3. The molecule has 1 saturated heterocycles. The molecule has 2 aromatic carbocycles. The number of hydrogen-bond donors (Lipinski definition) is 1. The predicted molar refractivity (Wildman–Crippen MR) is 106 cm³/mol. The highest BCUT2D eigenvalue weighted by molar-refractivity contribution is 9.10. The van der Waals surface area contributed by atoms with Crippen LogP contribution in [0.15, 0.2) is 46.4 Å². The molecule has 1 aliphatic rings. The van der Waals surface area contributed by atoms with E-state index < -0.39 is 17.8 Å². The normalized spacial score (nSPS) is 15.9. The van der Waals surface area contributed by atoms with E-state index in [-0.39, 0.29) is 5.57 Å². The molecule has 0 radical (unpaired) electrons. The molecular formula is C20H17BrN2O4. The highest BCUT2D eigenvalue weighted by Gasteiger charge is 2.37. The van der Waals surface area contributed by atoms with Crippen molar-refractivity contribution in [3.63, 3.8) is 0 Å². The van der Waals surface area contributed by atoms with Crippen LogP contribution in [0.1, 0.15) is 16.7 Å². The Morgan fingerprint density at radius 2 is 1.85 bits per heavy atom. The van der Waals surface area contributed by atoms with Crippen LogP contribution in [0.4, 0.5) is 10.5 Å². The number of urea groups is 1. The van der Waals surface area contributed by atoms with Gasteiger partial charge >= 0.3 is 6.03 Å². The minimum absolute atomic E-state index is 0.146. The van der Waals surface area contributed by atoms with Gasteiger partial charge < -0.3 is 4.74 Å². The molecule has 2 aromatic rings. The molecule has 4 amide bonds. The number of benzene rings is 2. The fourth-order valence-electron chi connectivity index (χ4n) is 2.83. The van der Waals surface area contributed by atoms with Crippen LogP contribution in [0.2, 0.25) is 0 Å². The van der Waals surface area contributed by atoms with Gasteiger partial charge in [0.1, 0.15) is 11.3 Å². The SMILES string of the molecule is COc1ccc(Br)cc1/C=C1\C(=O)NC(=O)N(c2cccc(C)c2C)C1=O. The van der Waals surface area contributed by atoms with Crippen molar-refractivity contribution >= 4 is 45.5 Å². The number of anilines is 1. The van der Waals surface area contributed by atoms with E-state index in [9.17, 15) is 14.4 Å². The molecular weight excluding hydrogens is 412 g/mol. The lowest BCUT2D eigenvalue weighted by atomic mass is 10.0. The number of carbonyl (C=O) groups excluding carboxylic acids is 3. The second-order valence-electron chi connectivity index (χ2n) is 6.06. The third-order valence-corrected chi connectivity index (χ3v) is 4.90. The van der Waals surface area contributed by atoms with Crippen molar-refractivity contribution < 1.29 is 19.1 Å². The average molecular weight is 429 g/mol. The van der Waals surface area contributed by atoms with E-state index in [2.05, 4.69) is 21.2 Å². The van der Waals surface area contributed by atoms with E-state index in [1.807, 2.05) is 19.9 Å². The molecule has 0 atom stereocenters. The zero-order chi connectivity index (χ0) is 19.7. The van der Waals surface area contributed by atoms with Crippen LogP contribution in [0, 0.1) is 13.8 Å². The standard InChI is InChI=1S/C20H17BrN2O4/c1-11-5-4-6-16(12(11)2)23-19(25)15(18(24)22-20(23)26)10-13-9-14(21)7-8-17(13)27-3/h4-10H,1-3H3,(H,22,24,26)/b15-10+. The topological polar surface area (TPSA) is 75.7 Å². The maximum atomic E-state index is 13.0. The quantitative estimate of drug-likeness (QED) is 0.596. The van der Waals surface area contributed by atoms with Gasteiger partial charge in [-0.15, -0.1) is 0 Å². The van der Waals surface area contributed by atoms with Crippen molar-refractivity contribution in [2.24, 2.45) is 0 Å². The number of methoxy groups -OCH3 is 1. The molecule has 1 fully saturated rings. The summed E-state index contributed by atoms with van der Waals surface area (Å²) in [6.45, 7) is 3.71. The van der Waals surface area contributed by atoms with Crippen LogP contribution < -0.4 is 15.0 Å². The highest BCUT2D eigenvalue weighted by atomic mass is 79.9. The van der Waals surface area contributed by atoms with Gasteiger partial charge in [-0.2, -0.15) is 0 Å². The van der Waals surface area contributed by atoms with Gasteiger partial charge in [-0.3, -0.25) is 14.9 Å². The number of imide groups is 2. The zero-order valence-corrected chi connectivity index (χ0v) is 16.6. The van der Waals surface area contributed by atoms with Gasteiger partial charge in [-0.25, -0.2) is 9.69 Å². The largest absolute Gasteiger partial charge is 0.496 e. The summed E-state index contributed by atoms with van der Waals surface area (Å²) in [5, 5.41) is 2.23. The smallest absolute Gasteiger partial charge is 0.335 e. The second kappa shape index (κ2) is 7.36. The molecule has 0 spiro atoms. The highest BCUT2D eigenvalue weighted by Crippen LogP contribution is 2.29. The molecule has 1 aliphatic heterocycles. The van der Waals surface area contributed by atoms with E-state index in [4.69, 9.17) is 4.74 Å². The Labute approximate surface area is 164 Å².